The minimum Gasteiger partial charge on any atom is -0.405 e. The molecule has 0 spiro atoms. The van der Waals surface area contributed by atoms with Crippen molar-refractivity contribution in [1.29, 1.82) is 0 Å². The van der Waals surface area contributed by atoms with Crippen LogP contribution in [0.5, 0.6) is 0 Å². The largest absolute Gasteiger partial charge is 0.419 e. The van der Waals surface area contributed by atoms with Gasteiger partial charge in [0.25, 0.3) is 0 Å². The minimum atomic E-state index is -0.400. The number of fused-ring (bicyclic) bond motifs is 1. The van der Waals surface area contributed by atoms with E-state index in [0.29, 0.717) is 29.8 Å². The van der Waals surface area contributed by atoms with Gasteiger partial charge < -0.3 is 9.32 Å². The zero-order valence-corrected chi connectivity index (χ0v) is 23.1. The molecule has 0 radical (unpaired) electrons. The van der Waals surface area contributed by atoms with Gasteiger partial charge in [0, 0.05) is 37.8 Å². The van der Waals surface area contributed by atoms with Crippen molar-refractivity contribution in [2.24, 2.45) is 7.05 Å². The molecule has 37 heavy (non-hydrogen) atoms. The van der Waals surface area contributed by atoms with E-state index in [1.165, 1.54) is 0 Å². The fourth-order valence-electron chi connectivity index (χ4n) is 5.81. The number of hydrogen-bond donors (Lipinski definition) is 0. The summed E-state index contributed by atoms with van der Waals surface area (Å²) < 4.78 is 42.7. The van der Waals surface area contributed by atoms with Crippen LogP contribution < -0.4 is 10.7 Å². The molecular weight excluding hydrogens is 458 g/mol. The SMILES string of the molecule is [2H]c1c([2H])c(-c2cccc(C)c2C)c([2H])c(C(C)N2CCN(c3ccc(C)c4c3oc(=O)n4C)C(C)(C)C2C)c1[2H]. The second kappa shape index (κ2) is 9.21. The average Bonchev–Trinajstić information content (AvgIpc) is 3.22. The van der Waals surface area contributed by atoms with Crippen LogP contribution in [0.3, 0.4) is 0 Å². The van der Waals surface area contributed by atoms with Gasteiger partial charge in [0.05, 0.1) is 16.7 Å². The maximum Gasteiger partial charge on any atom is 0.419 e. The predicted octanol–water partition coefficient (Wildman–Crippen LogP) is 6.77. The molecule has 1 saturated heterocycles. The monoisotopic (exact) mass is 501 g/mol. The lowest BCUT2D eigenvalue weighted by Crippen LogP contribution is -2.65. The highest BCUT2D eigenvalue weighted by Gasteiger charge is 2.43. The lowest BCUT2D eigenvalue weighted by atomic mass is 9.86. The van der Waals surface area contributed by atoms with Crippen LogP contribution >= 0.6 is 0 Å². The van der Waals surface area contributed by atoms with Crippen molar-refractivity contribution >= 4 is 16.8 Å². The first-order chi connectivity index (χ1) is 19.2. The van der Waals surface area contributed by atoms with E-state index in [0.717, 1.165) is 33.5 Å². The quantitative estimate of drug-likeness (QED) is 0.309. The van der Waals surface area contributed by atoms with Gasteiger partial charge in [-0.05, 0) is 94.0 Å². The van der Waals surface area contributed by atoms with Crippen LogP contribution in [0.4, 0.5) is 5.69 Å². The lowest BCUT2D eigenvalue weighted by molar-refractivity contribution is 0.0747. The fraction of sp³-hybridized carbons (Fsp3) is 0.406. The van der Waals surface area contributed by atoms with Crippen molar-refractivity contribution in [3.63, 3.8) is 0 Å². The molecule has 0 saturated carbocycles. The Bertz CT molecular complexity index is 1740. The predicted molar refractivity (Wildman–Crippen MR) is 154 cm³/mol. The van der Waals surface area contributed by atoms with Crippen LogP contribution in [-0.2, 0) is 7.05 Å². The Kier molecular flexibility index (Phi) is 5.16. The van der Waals surface area contributed by atoms with Gasteiger partial charge in [-0.1, -0.05) is 42.4 Å². The van der Waals surface area contributed by atoms with E-state index in [4.69, 9.17) is 8.53 Å². The smallest absolute Gasteiger partial charge is 0.405 e. The van der Waals surface area contributed by atoms with Crippen LogP contribution in [0.25, 0.3) is 22.2 Å². The second-order valence-electron chi connectivity index (χ2n) is 10.9. The number of oxazole rings is 1. The Morgan fingerprint density at radius 1 is 1.08 bits per heavy atom. The van der Waals surface area contributed by atoms with Crippen LogP contribution in [-0.4, -0.2) is 34.1 Å². The third-order valence-corrected chi connectivity index (χ3v) is 8.63. The van der Waals surface area contributed by atoms with E-state index in [1.807, 2.05) is 58.0 Å². The highest BCUT2D eigenvalue weighted by Crippen LogP contribution is 2.40. The highest BCUT2D eigenvalue weighted by molar-refractivity contribution is 5.90. The molecule has 2 heterocycles. The normalized spacial score (nSPS) is 20.4. The van der Waals surface area contributed by atoms with Crippen LogP contribution in [0, 0.1) is 20.8 Å². The molecule has 1 aromatic heterocycles. The van der Waals surface area contributed by atoms with E-state index in [1.54, 1.807) is 11.6 Å². The van der Waals surface area contributed by atoms with E-state index >= 15 is 0 Å². The standard InChI is InChI=1S/C32H39N3O2/c1-20-11-9-14-27(22(20)3)26-13-10-12-25(19-26)23(4)34-17-18-35(32(6,7)24(34)5)28-16-15-21(2)29-30(28)37-31(36)33(29)8/h9-16,19,23-24H,17-18H2,1-8H3/i10D,12D,13D,19D. The molecule has 1 fully saturated rings. The highest BCUT2D eigenvalue weighted by atomic mass is 16.4. The number of aromatic nitrogens is 1. The van der Waals surface area contributed by atoms with Gasteiger partial charge in [-0.2, -0.15) is 0 Å². The third kappa shape index (κ3) is 4.10. The molecule has 0 amide bonds. The molecule has 1 aliphatic heterocycles. The second-order valence-corrected chi connectivity index (χ2v) is 10.9. The Hall–Kier alpha value is -3.31. The van der Waals surface area contributed by atoms with Crippen molar-refractivity contribution in [3.8, 4) is 11.1 Å². The Labute approximate surface area is 225 Å². The summed E-state index contributed by atoms with van der Waals surface area (Å²) in [5, 5.41) is 0. The summed E-state index contributed by atoms with van der Waals surface area (Å²) in [4.78, 5) is 17.0. The topological polar surface area (TPSA) is 41.6 Å². The average molecular weight is 502 g/mol. The molecule has 2 unspecified atom stereocenters. The molecule has 0 N–H and O–H groups in total. The molecule has 1 aliphatic rings. The summed E-state index contributed by atoms with van der Waals surface area (Å²) in [6, 6.07) is 9.39. The summed E-state index contributed by atoms with van der Waals surface area (Å²) in [7, 11) is 1.73. The maximum atomic E-state index is 12.4. The van der Waals surface area contributed by atoms with Gasteiger partial charge in [0.15, 0.2) is 5.58 Å². The van der Waals surface area contributed by atoms with Crippen LogP contribution in [0.2, 0.25) is 0 Å². The van der Waals surface area contributed by atoms with Gasteiger partial charge in [-0.3, -0.25) is 9.47 Å². The van der Waals surface area contributed by atoms with Gasteiger partial charge >= 0.3 is 5.76 Å². The van der Waals surface area contributed by atoms with Crippen molar-refractivity contribution < 1.29 is 9.90 Å². The maximum absolute atomic E-state index is 12.4. The number of rotatable bonds is 4. The molecule has 3 aromatic carbocycles. The Morgan fingerprint density at radius 2 is 1.84 bits per heavy atom. The molecule has 0 aliphatic carbocycles. The van der Waals surface area contributed by atoms with Crippen LogP contribution in [0.15, 0.2) is 63.7 Å². The van der Waals surface area contributed by atoms with Crippen molar-refractivity contribution in [3.05, 3.63) is 87.3 Å². The number of hydrogen-bond acceptors (Lipinski definition) is 4. The van der Waals surface area contributed by atoms with E-state index < -0.39 is 5.54 Å². The summed E-state index contributed by atoms with van der Waals surface area (Å²) in [5.74, 6) is -0.386. The van der Waals surface area contributed by atoms with Crippen LogP contribution in [0.1, 0.15) is 61.5 Å². The van der Waals surface area contributed by atoms with Crippen molar-refractivity contribution in [2.75, 3.05) is 18.0 Å². The minimum absolute atomic E-state index is 0.0224. The molecule has 5 nitrogen and oxygen atoms in total. The van der Waals surface area contributed by atoms with E-state index in [-0.39, 0.29) is 42.0 Å². The zero-order valence-electron chi connectivity index (χ0n) is 27.1. The Balaban J connectivity index is 1.57. The fourth-order valence-corrected chi connectivity index (χ4v) is 5.81. The Morgan fingerprint density at radius 3 is 2.59 bits per heavy atom. The molecule has 5 heteroatoms. The first-order valence-corrected chi connectivity index (χ1v) is 13.0. The molecular formula is C32H39N3O2. The number of benzene rings is 3. The molecule has 5 rings (SSSR count). The number of anilines is 1. The summed E-state index contributed by atoms with van der Waals surface area (Å²) >= 11 is 0. The van der Waals surface area contributed by atoms with Crippen molar-refractivity contribution in [2.45, 2.75) is 66.1 Å². The number of piperazine rings is 1. The van der Waals surface area contributed by atoms with Gasteiger partial charge in [0.1, 0.15) is 0 Å². The number of nitrogens with zero attached hydrogens (tertiary/aromatic N) is 3. The van der Waals surface area contributed by atoms with E-state index in [9.17, 15) is 6.17 Å². The lowest BCUT2D eigenvalue weighted by Gasteiger charge is -2.54. The van der Waals surface area contributed by atoms with E-state index in [2.05, 4.69) is 30.6 Å². The van der Waals surface area contributed by atoms with Gasteiger partial charge in [-0.15, -0.1) is 0 Å². The zero-order chi connectivity index (χ0) is 30.1. The summed E-state index contributed by atoms with van der Waals surface area (Å²) in [6.45, 7) is 15.7. The summed E-state index contributed by atoms with van der Waals surface area (Å²) in [5.41, 5.74) is 6.53. The van der Waals surface area contributed by atoms with Crippen molar-refractivity contribution in [1.82, 2.24) is 9.47 Å². The number of aryl methyl sites for hydroxylation is 3. The summed E-state index contributed by atoms with van der Waals surface area (Å²) in [6.07, 6.45) is 0. The van der Waals surface area contributed by atoms with Gasteiger partial charge in [0.2, 0.25) is 0 Å². The molecule has 4 aromatic rings. The molecule has 2 atom stereocenters. The third-order valence-electron chi connectivity index (χ3n) is 8.63. The van der Waals surface area contributed by atoms with Gasteiger partial charge in [-0.25, -0.2) is 4.79 Å². The molecule has 0 bridgehead atoms. The first kappa shape index (κ1) is 20.7. The molecule has 194 valence electrons. The first-order valence-electron chi connectivity index (χ1n) is 15.0.